The van der Waals surface area contributed by atoms with Crippen molar-refractivity contribution in [2.24, 2.45) is 0 Å². The zero-order chi connectivity index (χ0) is 10.6. The van der Waals surface area contributed by atoms with Gasteiger partial charge >= 0.3 is 0 Å². The molecule has 5 heteroatoms. The van der Waals surface area contributed by atoms with Gasteiger partial charge in [0.05, 0.1) is 16.9 Å². The summed E-state index contributed by atoms with van der Waals surface area (Å²) in [6, 6.07) is 2.46. The monoisotopic (exact) mass is 212 g/mol. The molecule has 0 spiro atoms. The van der Waals surface area contributed by atoms with E-state index in [9.17, 15) is 14.7 Å². The summed E-state index contributed by atoms with van der Waals surface area (Å²) in [4.78, 5) is 22.4. The summed E-state index contributed by atoms with van der Waals surface area (Å²) in [6.07, 6.45) is 0.319. The molecule has 1 heterocycles. The topological polar surface area (TPSA) is 69.2 Å². The third-order valence-electron chi connectivity index (χ3n) is 1.74. The molecule has 0 bridgehead atoms. The van der Waals surface area contributed by atoms with E-state index >= 15 is 0 Å². The normalized spacial score (nSPS) is 12.1. The molecule has 1 aromatic heterocycles. The van der Waals surface area contributed by atoms with Gasteiger partial charge in [-0.15, -0.1) is 11.3 Å². The number of aliphatic carboxylic acids is 1. The van der Waals surface area contributed by atoms with Crippen LogP contribution in [0.25, 0.3) is 0 Å². The van der Waals surface area contributed by atoms with E-state index in [2.05, 4.69) is 5.32 Å². The standard InChI is InChI=1S/C9H11NO3S/c1-2-6(9(12)13)10-8(11)7-4-3-5-14-7/h3-6H,2H2,1H3,(H,10,11)(H,12,13)/p-1/t6-/m1/s1. The molecule has 1 N–H and O–H groups in total. The Labute approximate surface area is 85.6 Å². The molecular formula is C9H10NO3S-. The Morgan fingerprint density at radius 1 is 1.64 bits per heavy atom. The summed E-state index contributed by atoms with van der Waals surface area (Å²) in [5, 5.41) is 14.6. The van der Waals surface area contributed by atoms with Crippen LogP contribution in [0.1, 0.15) is 23.0 Å². The third kappa shape index (κ3) is 2.56. The lowest BCUT2D eigenvalue weighted by atomic mass is 10.2. The van der Waals surface area contributed by atoms with Gasteiger partial charge in [-0.2, -0.15) is 0 Å². The summed E-state index contributed by atoms with van der Waals surface area (Å²) in [5.41, 5.74) is 0. The van der Waals surface area contributed by atoms with E-state index in [4.69, 9.17) is 0 Å². The fraction of sp³-hybridized carbons (Fsp3) is 0.333. The molecule has 0 saturated carbocycles. The molecule has 0 aliphatic rings. The van der Waals surface area contributed by atoms with Crippen LogP contribution < -0.4 is 10.4 Å². The van der Waals surface area contributed by atoms with Crippen LogP contribution in [0.5, 0.6) is 0 Å². The number of hydrogen-bond donors (Lipinski definition) is 1. The van der Waals surface area contributed by atoms with E-state index in [1.165, 1.54) is 11.3 Å². The van der Waals surface area contributed by atoms with Crippen molar-refractivity contribution in [3.8, 4) is 0 Å². The van der Waals surface area contributed by atoms with Gasteiger partial charge in [0, 0.05) is 0 Å². The first-order valence-corrected chi connectivity index (χ1v) is 5.08. The maximum atomic E-state index is 11.4. The minimum absolute atomic E-state index is 0.319. The third-order valence-corrected chi connectivity index (χ3v) is 2.61. The molecule has 4 nitrogen and oxygen atoms in total. The van der Waals surface area contributed by atoms with E-state index in [-0.39, 0.29) is 5.91 Å². The van der Waals surface area contributed by atoms with Crippen molar-refractivity contribution < 1.29 is 14.7 Å². The van der Waals surface area contributed by atoms with Gasteiger partial charge in [-0.1, -0.05) is 13.0 Å². The molecule has 0 unspecified atom stereocenters. The minimum atomic E-state index is -1.25. The first-order chi connectivity index (χ1) is 6.65. The van der Waals surface area contributed by atoms with Crippen molar-refractivity contribution >= 4 is 23.2 Å². The zero-order valence-electron chi connectivity index (χ0n) is 7.65. The van der Waals surface area contributed by atoms with Gasteiger partial charge in [0.25, 0.3) is 5.91 Å². The van der Waals surface area contributed by atoms with Crippen LogP contribution in [-0.4, -0.2) is 17.9 Å². The summed E-state index contributed by atoms with van der Waals surface area (Å²) in [7, 11) is 0. The number of thiophene rings is 1. The van der Waals surface area contributed by atoms with Gasteiger partial charge in [0.15, 0.2) is 0 Å². The average Bonchev–Trinajstić information content (AvgIpc) is 2.65. The van der Waals surface area contributed by atoms with Gasteiger partial charge in [-0.25, -0.2) is 0 Å². The van der Waals surface area contributed by atoms with Crippen LogP contribution in [-0.2, 0) is 4.79 Å². The lowest BCUT2D eigenvalue weighted by molar-refractivity contribution is -0.308. The van der Waals surface area contributed by atoms with Crippen LogP contribution in [0.15, 0.2) is 17.5 Å². The second kappa shape index (κ2) is 4.76. The Bertz CT molecular complexity index is 321. The van der Waals surface area contributed by atoms with Gasteiger partial charge in [0.2, 0.25) is 0 Å². The number of hydrogen-bond acceptors (Lipinski definition) is 4. The highest BCUT2D eigenvalue weighted by Gasteiger charge is 2.12. The maximum absolute atomic E-state index is 11.4. The van der Waals surface area contributed by atoms with Gasteiger partial charge in [0.1, 0.15) is 0 Å². The molecule has 0 aliphatic carbocycles. The molecular weight excluding hydrogens is 202 g/mol. The number of rotatable bonds is 4. The van der Waals surface area contributed by atoms with Crippen molar-refractivity contribution in [2.45, 2.75) is 19.4 Å². The highest BCUT2D eigenvalue weighted by molar-refractivity contribution is 7.12. The van der Waals surface area contributed by atoms with Crippen LogP contribution in [0.4, 0.5) is 0 Å². The second-order valence-electron chi connectivity index (χ2n) is 2.73. The Hall–Kier alpha value is -1.36. The molecule has 14 heavy (non-hydrogen) atoms. The minimum Gasteiger partial charge on any atom is -0.548 e. The van der Waals surface area contributed by atoms with Gasteiger partial charge in [-0.3, -0.25) is 4.79 Å². The fourth-order valence-electron chi connectivity index (χ4n) is 0.965. The van der Waals surface area contributed by atoms with E-state index in [0.29, 0.717) is 11.3 Å². The Balaban J connectivity index is 2.60. The van der Waals surface area contributed by atoms with E-state index in [1.807, 2.05) is 0 Å². The number of carboxylic acids is 1. The van der Waals surface area contributed by atoms with Crippen molar-refractivity contribution in [3.63, 3.8) is 0 Å². The quantitative estimate of drug-likeness (QED) is 0.764. The van der Waals surface area contributed by atoms with Crippen LogP contribution in [0.2, 0.25) is 0 Å². The summed E-state index contributed by atoms with van der Waals surface area (Å²) < 4.78 is 0. The largest absolute Gasteiger partial charge is 0.548 e. The Kier molecular flexibility index (Phi) is 3.64. The predicted octanol–water partition coefficient (Wildman–Crippen LogP) is 0.00640. The SMILES string of the molecule is CC[C@@H](NC(=O)c1cccs1)C(=O)[O-]. The molecule has 0 radical (unpaired) electrons. The molecule has 1 rings (SSSR count). The first kappa shape index (κ1) is 10.7. The fourth-order valence-corrected chi connectivity index (χ4v) is 1.59. The molecule has 76 valence electrons. The number of amides is 1. The smallest absolute Gasteiger partial charge is 0.261 e. The van der Waals surface area contributed by atoms with E-state index < -0.39 is 12.0 Å². The highest BCUT2D eigenvalue weighted by Crippen LogP contribution is 2.08. The number of nitrogens with one attached hydrogen (secondary N) is 1. The van der Waals surface area contributed by atoms with E-state index in [1.54, 1.807) is 24.4 Å². The molecule has 0 saturated heterocycles. The van der Waals surface area contributed by atoms with Crippen LogP contribution >= 0.6 is 11.3 Å². The lowest BCUT2D eigenvalue weighted by Crippen LogP contribution is -2.47. The van der Waals surface area contributed by atoms with Crippen molar-refractivity contribution in [2.75, 3.05) is 0 Å². The highest BCUT2D eigenvalue weighted by atomic mass is 32.1. The number of carbonyl (C=O) groups excluding carboxylic acids is 2. The summed E-state index contributed by atoms with van der Waals surface area (Å²) >= 11 is 1.27. The van der Waals surface area contributed by atoms with Crippen molar-refractivity contribution in [3.05, 3.63) is 22.4 Å². The lowest BCUT2D eigenvalue weighted by Gasteiger charge is -2.16. The maximum Gasteiger partial charge on any atom is 0.261 e. The Morgan fingerprint density at radius 2 is 2.36 bits per heavy atom. The number of carboxylic acid groups (broad SMARTS) is 1. The first-order valence-electron chi connectivity index (χ1n) is 4.20. The summed E-state index contributed by atoms with van der Waals surface area (Å²) in [6.45, 7) is 1.68. The molecule has 0 aromatic carbocycles. The zero-order valence-corrected chi connectivity index (χ0v) is 8.47. The molecule has 1 atom stereocenters. The van der Waals surface area contributed by atoms with Crippen molar-refractivity contribution in [1.29, 1.82) is 0 Å². The summed E-state index contributed by atoms with van der Waals surface area (Å²) in [5.74, 6) is -1.62. The number of carbonyl (C=O) groups is 2. The second-order valence-corrected chi connectivity index (χ2v) is 3.68. The molecule has 0 aliphatic heterocycles. The molecule has 1 amide bonds. The molecule has 0 fully saturated rings. The van der Waals surface area contributed by atoms with Crippen molar-refractivity contribution in [1.82, 2.24) is 5.32 Å². The van der Waals surface area contributed by atoms with E-state index in [0.717, 1.165) is 0 Å². The van der Waals surface area contributed by atoms with Gasteiger partial charge < -0.3 is 15.2 Å². The van der Waals surface area contributed by atoms with Crippen LogP contribution in [0.3, 0.4) is 0 Å². The average molecular weight is 212 g/mol. The van der Waals surface area contributed by atoms with Gasteiger partial charge in [-0.05, 0) is 17.9 Å². The Morgan fingerprint density at radius 3 is 2.79 bits per heavy atom. The predicted molar refractivity (Wildman–Crippen MR) is 50.9 cm³/mol. The molecule has 1 aromatic rings. The van der Waals surface area contributed by atoms with Crippen LogP contribution in [0, 0.1) is 0 Å².